The number of anilines is 1. The zero-order valence-corrected chi connectivity index (χ0v) is 6.48. The molecule has 7 heteroatoms. The van der Waals surface area contributed by atoms with Gasteiger partial charge in [0.05, 0.1) is 6.20 Å². The summed E-state index contributed by atoms with van der Waals surface area (Å²) in [6.07, 6.45) is 0.698. The fourth-order valence-electron chi connectivity index (χ4n) is 0.627. The minimum Gasteiger partial charge on any atom is -0.383 e. The second kappa shape index (κ2) is 2.67. The summed E-state index contributed by atoms with van der Waals surface area (Å²) in [5.74, 6) is -1.51. The fourth-order valence-corrected chi connectivity index (χ4v) is 1.18. The van der Waals surface area contributed by atoms with Crippen LogP contribution < -0.4 is 5.73 Å². The molecule has 0 spiro atoms. The van der Waals surface area contributed by atoms with Crippen LogP contribution in [0.25, 0.3) is 0 Å². The highest BCUT2D eigenvalue weighted by atomic mass is 32.3. The number of aromatic nitrogens is 1. The third kappa shape index (κ3) is 1.67. The van der Waals surface area contributed by atoms with Gasteiger partial charge in [0.25, 0.3) is 0 Å². The molecule has 12 heavy (non-hydrogen) atoms. The van der Waals surface area contributed by atoms with Crippen LogP contribution in [0.15, 0.2) is 17.2 Å². The Balaban J connectivity index is 3.43. The molecule has 1 aromatic rings. The van der Waals surface area contributed by atoms with Gasteiger partial charge in [-0.15, -0.1) is 3.89 Å². The summed E-state index contributed by atoms with van der Waals surface area (Å²) in [4.78, 5) is 2.19. The third-order valence-electron chi connectivity index (χ3n) is 1.11. The second-order valence-corrected chi connectivity index (χ2v) is 3.29. The Kier molecular flexibility index (Phi) is 1.97. The van der Waals surface area contributed by atoms with Gasteiger partial charge in [-0.3, -0.25) is 0 Å². The molecule has 0 radical (unpaired) electrons. The van der Waals surface area contributed by atoms with E-state index in [4.69, 9.17) is 5.73 Å². The maximum Gasteiger partial charge on any atom is 0.335 e. The Morgan fingerprint density at radius 1 is 1.50 bits per heavy atom. The van der Waals surface area contributed by atoms with Crippen molar-refractivity contribution < 1.29 is 16.7 Å². The Labute approximate surface area is 67.2 Å². The van der Waals surface area contributed by atoms with Crippen molar-refractivity contribution in [2.24, 2.45) is 0 Å². The van der Waals surface area contributed by atoms with Crippen molar-refractivity contribution in [1.29, 1.82) is 0 Å². The number of hydrogen-bond acceptors (Lipinski definition) is 4. The first kappa shape index (κ1) is 8.85. The smallest absolute Gasteiger partial charge is 0.335 e. The molecule has 0 saturated carbocycles. The predicted molar refractivity (Wildman–Crippen MR) is 36.9 cm³/mol. The lowest BCUT2D eigenvalue weighted by Gasteiger charge is -1.97. The van der Waals surface area contributed by atoms with E-state index in [1.54, 1.807) is 0 Å². The first-order valence-electron chi connectivity index (χ1n) is 2.77. The number of nitrogens with two attached hydrogens (primary N) is 1. The van der Waals surface area contributed by atoms with Crippen LogP contribution in [0.1, 0.15) is 0 Å². The van der Waals surface area contributed by atoms with Crippen molar-refractivity contribution in [3.05, 3.63) is 18.1 Å². The van der Waals surface area contributed by atoms with Crippen LogP contribution in [0.2, 0.25) is 0 Å². The quantitative estimate of drug-likeness (QED) is 0.659. The molecule has 66 valence electrons. The number of pyridine rings is 1. The van der Waals surface area contributed by atoms with Gasteiger partial charge in [0.15, 0.2) is 0 Å². The topological polar surface area (TPSA) is 73.0 Å². The molecule has 0 aliphatic rings. The van der Waals surface area contributed by atoms with Gasteiger partial charge < -0.3 is 5.73 Å². The van der Waals surface area contributed by atoms with Crippen molar-refractivity contribution in [3.63, 3.8) is 0 Å². The van der Waals surface area contributed by atoms with Gasteiger partial charge in [0.2, 0.25) is 0 Å². The molecular formula is C5H4F2N2O2S. The van der Waals surface area contributed by atoms with Crippen molar-refractivity contribution in [3.8, 4) is 0 Å². The molecule has 1 rings (SSSR count). The molecule has 0 amide bonds. The molecule has 0 aliphatic heterocycles. The minimum absolute atomic E-state index is 0.470. The Morgan fingerprint density at radius 2 is 2.08 bits per heavy atom. The SMILES string of the molecule is Nc1ncc(F)cc1S(=O)(=O)F. The maximum absolute atomic E-state index is 12.3. The number of nitrogens with zero attached hydrogens (tertiary/aromatic N) is 1. The van der Waals surface area contributed by atoms with Crippen LogP contribution in [0.3, 0.4) is 0 Å². The van der Waals surface area contributed by atoms with Crippen LogP contribution >= 0.6 is 0 Å². The van der Waals surface area contributed by atoms with E-state index in [1.165, 1.54) is 0 Å². The molecule has 0 saturated heterocycles. The molecule has 0 aliphatic carbocycles. The standard InChI is InChI=1S/C5H4F2N2O2S/c6-3-1-4(12(7,10)11)5(8)9-2-3/h1-2H,(H2,8,9). The molecule has 1 aromatic heterocycles. The summed E-state index contributed by atoms with van der Waals surface area (Å²) >= 11 is 0. The largest absolute Gasteiger partial charge is 0.383 e. The molecule has 0 unspecified atom stereocenters. The van der Waals surface area contributed by atoms with Gasteiger partial charge >= 0.3 is 10.2 Å². The molecule has 0 bridgehead atoms. The highest BCUT2D eigenvalue weighted by molar-refractivity contribution is 7.86. The van der Waals surface area contributed by atoms with Gasteiger partial charge in [0, 0.05) is 6.07 Å². The Bertz CT molecular complexity index is 404. The van der Waals surface area contributed by atoms with E-state index < -0.39 is 26.8 Å². The predicted octanol–water partition coefficient (Wildman–Crippen LogP) is 0.461. The number of rotatable bonds is 1. The highest BCUT2D eigenvalue weighted by Crippen LogP contribution is 2.18. The van der Waals surface area contributed by atoms with Crippen LogP contribution in [-0.4, -0.2) is 13.4 Å². The molecule has 0 aromatic carbocycles. The first-order chi connectivity index (χ1) is 5.41. The summed E-state index contributed by atoms with van der Waals surface area (Å²) in [7, 11) is -4.98. The number of halogens is 2. The van der Waals surface area contributed by atoms with Crippen molar-refractivity contribution in [2.75, 3.05) is 5.73 Å². The van der Waals surface area contributed by atoms with E-state index in [0.29, 0.717) is 12.3 Å². The van der Waals surface area contributed by atoms with Gasteiger partial charge in [-0.1, -0.05) is 0 Å². The lowest BCUT2D eigenvalue weighted by Crippen LogP contribution is -2.02. The zero-order valence-electron chi connectivity index (χ0n) is 5.66. The van der Waals surface area contributed by atoms with Crippen molar-refractivity contribution in [2.45, 2.75) is 4.90 Å². The molecule has 4 nitrogen and oxygen atoms in total. The normalized spacial score (nSPS) is 11.5. The number of nitrogen functional groups attached to an aromatic ring is 1. The van der Waals surface area contributed by atoms with E-state index in [9.17, 15) is 16.7 Å². The van der Waals surface area contributed by atoms with Crippen LogP contribution in [-0.2, 0) is 10.2 Å². The van der Waals surface area contributed by atoms with E-state index in [-0.39, 0.29) is 0 Å². The van der Waals surface area contributed by atoms with Gasteiger partial charge in [-0.25, -0.2) is 9.37 Å². The van der Waals surface area contributed by atoms with Crippen LogP contribution in [0.4, 0.5) is 14.1 Å². The Hall–Kier alpha value is -1.24. The van der Waals surface area contributed by atoms with E-state index in [1.807, 2.05) is 0 Å². The van der Waals surface area contributed by atoms with Crippen LogP contribution in [0.5, 0.6) is 0 Å². The summed E-state index contributed by atoms with van der Waals surface area (Å²) in [5.41, 5.74) is 4.98. The monoisotopic (exact) mass is 194 g/mol. The van der Waals surface area contributed by atoms with Gasteiger partial charge in [-0.2, -0.15) is 8.42 Å². The molecule has 1 heterocycles. The maximum atomic E-state index is 12.3. The van der Waals surface area contributed by atoms with Crippen molar-refractivity contribution >= 4 is 16.0 Å². The lowest BCUT2D eigenvalue weighted by atomic mass is 10.4. The second-order valence-electron chi connectivity index (χ2n) is 1.97. The Morgan fingerprint density at radius 3 is 2.50 bits per heavy atom. The third-order valence-corrected chi connectivity index (χ3v) is 1.96. The van der Waals surface area contributed by atoms with Gasteiger partial charge in [0.1, 0.15) is 16.5 Å². The zero-order chi connectivity index (χ0) is 9.35. The summed E-state index contributed by atoms with van der Waals surface area (Å²) < 4.78 is 45.1. The summed E-state index contributed by atoms with van der Waals surface area (Å²) in [5, 5.41) is 0. The summed E-state index contributed by atoms with van der Waals surface area (Å²) in [6.45, 7) is 0. The minimum atomic E-state index is -4.98. The van der Waals surface area contributed by atoms with E-state index in [0.717, 1.165) is 0 Å². The molecular weight excluding hydrogens is 190 g/mol. The summed E-state index contributed by atoms with van der Waals surface area (Å²) in [6, 6.07) is 0.470. The van der Waals surface area contributed by atoms with Crippen molar-refractivity contribution in [1.82, 2.24) is 4.98 Å². The first-order valence-corrected chi connectivity index (χ1v) is 4.15. The van der Waals surface area contributed by atoms with E-state index >= 15 is 0 Å². The average Bonchev–Trinajstić information content (AvgIpc) is 1.92. The van der Waals surface area contributed by atoms with Crippen LogP contribution in [0, 0.1) is 5.82 Å². The average molecular weight is 194 g/mol. The van der Waals surface area contributed by atoms with Gasteiger partial charge in [-0.05, 0) is 0 Å². The molecule has 0 fully saturated rings. The molecule has 2 N–H and O–H groups in total. The number of hydrogen-bond donors (Lipinski definition) is 1. The lowest BCUT2D eigenvalue weighted by molar-refractivity contribution is 0.549. The molecule has 0 atom stereocenters. The fraction of sp³-hybridized carbons (Fsp3) is 0. The highest BCUT2D eigenvalue weighted by Gasteiger charge is 2.17. The van der Waals surface area contributed by atoms with E-state index in [2.05, 4.69) is 4.98 Å².